The number of hydrogen-bond donors (Lipinski definition) is 1. The van der Waals surface area contributed by atoms with Gasteiger partial charge in [0.15, 0.2) is 0 Å². The fourth-order valence-electron chi connectivity index (χ4n) is 2.89. The van der Waals surface area contributed by atoms with Crippen molar-refractivity contribution >= 4 is 5.91 Å². The van der Waals surface area contributed by atoms with Crippen LogP contribution in [0.25, 0.3) is 0 Å². The third kappa shape index (κ3) is 3.63. The van der Waals surface area contributed by atoms with Crippen molar-refractivity contribution in [3.05, 3.63) is 24.0 Å². The van der Waals surface area contributed by atoms with Crippen LogP contribution in [-0.4, -0.2) is 41.6 Å². The van der Waals surface area contributed by atoms with Gasteiger partial charge in [0, 0.05) is 25.8 Å². The summed E-state index contributed by atoms with van der Waals surface area (Å²) in [6, 6.07) is 3.92. The summed E-state index contributed by atoms with van der Waals surface area (Å²) in [6.07, 6.45) is 5.30. The molecule has 0 unspecified atom stereocenters. The van der Waals surface area contributed by atoms with Gasteiger partial charge >= 0.3 is 0 Å². The van der Waals surface area contributed by atoms with Crippen LogP contribution in [0.5, 0.6) is 0 Å². The van der Waals surface area contributed by atoms with E-state index >= 15 is 0 Å². The lowest BCUT2D eigenvalue weighted by atomic mass is 9.96. The Kier molecular flexibility index (Phi) is 5.65. The maximum absolute atomic E-state index is 12.6. The Morgan fingerprint density at radius 3 is 2.75 bits per heavy atom. The number of amides is 1. The predicted molar refractivity (Wildman–Crippen MR) is 81.9 cm³/mol. The van der Waals surface area contributed by atoms with E-state index < -0.39 is 0 Å². The molecule has 0 atom stereocenters. The van der Waals surface area contributed by atoms with Gasteiger partial charge in [-0.2, -0.15) is 0 Å². The van der Waals surface area contributed by atoms with Gasteiger partial charge in [0.1, 0.15) is 5.69 Å². The van der Waals surface area contributed by atoms with Gasteiger partial charge in [-0.25, -0.2) is 0 Å². The first kappa shape index (κ1) is 15.1. The van der Waals surface area contributed by atoms with Crippen molar-refractivity contribution in [3.8, 4) is 0 Å². The number of hydrogen-bond acceptors (Lipinski definition) is 2. The van der Waals surface area contributed by atoms with Gasteiger partial charge in [-0.05, 0) is 50.4 Å². The number of aryl methyl sites for hydroxylation is 1. The standard InChI is InChI=1S/C16H27N3O/c1-3-9-18-10-5-6-15(18)16(20)19-11-7-14(8-12-19)13-17-4-2/h5-6,10,14,17H,3-4,7-9,11-13H2,1-2H3. The number of rotatable bonds is 6. The molecule has 1 aliphatic rings. The summed E-state index contributed by atoms with van der Waals surface area (Å²) >= 11 is 0. The highest BCUT2D eigenvalue weighted by molar-refractivity contribution is 5.92. The van der Waals surface area contributed by atoms with E-state index in [9.17, 15) is 4.79 Å². The molecule has 0 aliphatic carbocycles. The molecular formula is C16H27N3O. The Morgan fingerprint density at radius 1 is 1.35 bits per heavy atom. The molecule has 112 valence electrons. The third-order valence-corrected chi connectivity index (χ3v) is 4.10. The summed E-state index contributed by atoms with van der Waals surface area (Å²) in [5, 5.41) is 3.41. The fraction of sp³-hybridized carbons (Fsp3) is 0.688. The normalized spacial score (nSPS) is 16.6. The van der Waals surface area contributed by atoms with Crippen LogP contribution in [0.3, 0.4) is 0 Å². The van der Waals surface area contributed by atoms with E-state index in [0.717, 1.165) is 63.6 Å². The summed E-state index contributed by atoms with van der Waals surface area (Å²) in [5.74, 6) is 0.923. The quantitative estimate of drug-likeness (QED) is 0.866. The zero-order valence-corrected chi connectivity index (χ0v) is 12.8. The third-order valence-electron chi connectivity index (χ3n) is 4.10. The average Bonchev–Trinajstić information content (AvgIpc) is 2.93. The van der Waals surface area contributed by atoms with E-state index in [1.165, 1.54) is 0 Å². The Bertz CT molecular complexity index is 419. The Labute approximate surface area is 122 Å². The second-order valence-corrected chi connectivity index (χ2v) is 5.63. The zero-order valence-electron chi connectivity index (χ0n) is 12.8. The highest BCUT2D eigenvalue weighted by Crippen LogP contribution is 2.19. The van der Waals surface area contributed by atoms with Gasteiger partial charge in [-0.3, -0.25) is 4.79 Å². The molecule has 1 aromatic rings. The molecule has 4 nitrogen and oxygen atoms in total. The number of likely N-dealkylation sites (tertiary alicyclic amines) is 1. The average molecular weight is 277 g/mol. The minimum Gasteiger partial charge on any atom is -0.344 e. The van der Waals surface area contributed by atoms with E-state index in [1.807, 2.05) is 23.2 Å². The SMILES string of the molecule is CCCn1cccc1C(=O)N1CCC(CNCC)CC1. The molecule has 20 heavy (non-hydrogen) atoms. The van der Waals surface area contributed by atoms with Crippen LogP contribution in [0.2, 0.25) is 0 Å². The zero-order chi connectivity index (χ0) is 14.4. The molecule has 0 saturated carbocycles. The number of piperidine rings is 1. The largest absolute Gasteiger partial charge is 0.344 e. The first-order chi connectivity index (χ1) is 9.76. The molecule has 1 saturated heterocycles. The molecule has 1 aliphatic heterocycles. The molecule has 4 heteroatoms. The maximum atomic E-state index is 12.6. The second-order valence-electron chi connectivity index (χ2n) is 5.63. The molecule has 2 heterocycles. The van der Waals surface area contributed by atoms with Crippen molar-refractivity contribution in [2.24, 2.45) is 5.92 Å². The van der Waals surface area contributed by atoms with E-state index in [2.05, 4.69) is 23.7 Å². The lowest BCUT2D eigenvalue weighted by Gasteiger charge is -2.32. The van der Waals surface area contributed by atoms with Gasteiger partial charge in [0.25, 0.3) is 5.91 Å². The molecule has 1 fully saturated rings. The summed E-state index contributed by atoms with van der Waals surface area (Å²) in [4.78, 5) is 14.6. The minimum absolute atomic E-state index is 0.199. The van der Waals surface area contributed by atoms with Crippen LogP contribution in [0.4, 0.5) is 0 Å². The van der Waals surface area contributed by atoms with Gasteiger partial charge in [-0.15, -0.1) is 0 Å². The first-order valence-electron chi connectivity index (χ1n) is 7.91. The van der Waals surface area contributed by atoms with E-state index in [1.54, 1.807) is 0 Å². The molecule has 1 aromatic heterocycles. The lowest BCUT2D eigenvalue weighted by Crippen LogP contribution is -2.41. The van der Waals surface area contributed by atoms with Crippen LogP contribution in [0, 0.1) is 5.92 Å². The number of carbonyl (C=O) groups excluding carboxylic acids is 1. The van der Waals surface area contributed by atoms with Crippen molar-refractivity contribution in [1.82, 2.24) is 14.8 Å². The fourth-order valence-corrected chi connectivity index (χ4v) is 2.89. The summed E-state index contributed by atoms with van der Waals surface area (Å²) in [6.45, 7) is 9.11. The summed E-state index contributed by atoms with van der Waals surface area (Å²) in [5.41, 5.74) is 0.844. The number of nitrogens with zero attached hydrogens (tertiary/aromatic N) is 2. The molecule has 0 radical (unpaired) electrons. The molecule has 1 amide bonds. The molecule has 2 rings (SSSR count). The highest BCUT2D eigenvalue weighted by atomic mass is 16.2. The van der Waals surface area contributed by atoms with Crippen LogP contribution in [0.1, 0.15) is 43.6 Å². The molecule has 0 aromatic carbocycles. The van der Waals surface area contributed by atoms with E-state index in [0.29, 0.717) is 0 Å². The van der Waals surface area contributed by atoms with Crippen LogP contribution in [-0.2, 0) is 6.54 Å². The van der Waals surface area contributed by atoms with Crippen LogP contribution in [0.15, 0.2) is 18.3 Å². The minimum atomic E-state index is 0.199. The number of carbonyl (C=O) groups is 1. The highest BCUT2D eigenvalue weighted by Gasteiger charge is 2.24. The maximum Gasteiger partial charge on any atom is 0.270 e. The Balaban J connectivity index is 1.89. The molecule has 0 bridgehead atoms. The monoisotopic (exact) mass is 277 g/mol. The first-order valence-corrected chi connectivity index (χ1v) is 7.91. The number of aromatic nitrogens is 1. The summed E-state index contributed by atoms with van der Waals surface area (Å²) < 4.78 is 2.08. The van der Waals surface area contributed by atoms with E-state index in [-0.39, 0.29) is 5.91 Å². The Morgan fingerprint density at radius 2 is 2.10 bits per heavy atom. The number of nitrogens with one attached hydrogen (secondary N) is 1. The van der Waals surface area contributed by atoms with Crippen molar-refractivity contribution in [2.45, 2.75) is 39.7 Å². The van der Waals surface area contributed by atoms with Crippen LogP contribution < -0.4 is 5.32 Å². The molecule has 1 N–H and O–H groups in total. The topological polar surface area (TPSA) is 37.3 Å². The van der Waals surface area contributed by atoms with Gasteiger partial charge in [0.05, 0.1) is 0 Å². The van der Waals surface area contributed by atoms with Gasteiger partial charge in [0.2, 0.25) is 0 Å². The van der Waals surface area contributed by atoms with E-state index in [4.69, 9.17) is 0 Å². The van der Waals surface area contributed by atoms with Crippen molar-refractivity contribution in [3.63, 3.8) is 0 Å². The van der Waals surface area contributed by atoms with Crippen molar-refractivity contribution < 1.29 is 4.79 Å². The van der Waals surface area contributed by atoms with Crippen LogP contribution >= 0.6 is 0 Å². The van der Waals surface area contributed by atoms with Crippen molar-refractivity contribution in [2.75, 3.05) is 26.2 Å². The molecule has 0 spiro atoms. The van der Waals surface area contributed by atoms with Gasteiger partial charge < -0.3 is 14.8 Å². The lowest BCUT2D eigenvalue weighted by molar-refractivity contribution is 0.0679. The molecular weight excluding hydrogens is 250 g/mol. The van der Waals surface area contributed by atoms with Crippen molar-refractivity contribution in [1.29, 1.82) is 0 Å². The Hall–Kier alpha value is -1.29. The van der Waals surface area contributed by atoms with Gasteiger partial charge in [-0.1, -0.05) is 13.8 Å². The smallest absolute Gasteiger partial charge is 0.270 e. The summed E-state index contributed by atoms with van der Waals surface area (Å²) in [7, 11) is 0. The predicted octanol–water partition coefficient (Wildman–Crippen LogP) is 2.36. The second kappa shape index (κ2) is 7.48.